The smallest absolute Gasteiger partial charge is 0.232 e. The van der Waals surface area contributed by atoms with Crippen LogP contribution in [0.5, 0.6) is 5.75 Å². The fourth-order valence-electron chi connectivity index (χ4n) is 1.67. The summed E-state index contributed by atoms with van der Waals surface area (Å²) in [5, 5.41) is 0. The Labute approximate surface area is 88.1 Å². The summed E-state index contributed by atoms with van der Waals surface area (Å²) in [6.07, 6.45) is 0.637. The molecule has 1 aromatic carbocycles. The molecule has 0 amide bonds. The Hall–Kier alpha value is -1.64. The lowest BCUT2D eigenvalue weighted by Gasteiger charge is -2.08. The molecule has 1 atom stereocenters. The molecule has 0 spiro atoms. The van der Waals surface area contributed by atoms with E-state index in [1.54, 1.807) is 24.3 Å². The van der Waals surface area contributed by atoms with Crippen LogP contribution in [0.3, 0.4) is 0 Å². The summed E-state index contributed by atoms with van der Waals surface area (Å²) in [4.78, 5) is 23.5. The minimum absolute atomic E-state index is 0.301. The zero-order valence-corrected chi connectivity index (χ0v) is 8.53. The van der Waals surface area contributed by atoms with Gasteiger partial charge >= 0.3 is 0 Å². The van der Waals surface area contributed by atoms with E-state index in [-0.39, 0.29) is 11.7 Å². The number of ketones is 2. The second-order valence-electron chi connectivity index (χ2n) is 3.61. The summed E-state index contributed by atoms with van der Waals surface area (Å²) in [6.45, 7) is 2.19. The maximum absolute atomic E-state index is 11.8. The average Bonchev–Trinajstić information content (AvgIpc) is 2.39. The molecular formula is C12H12O3. The highest BCUT2D eigenvalue weighted by atomic mass is 16.5. The van der Waals surface area contributed by atoms with Crippen LogP contribution in [0, 0.1) is 5.92 Å². The summed E-state index contributed by atoms with van der Waals surface area (Å²) < 4.78 is 5.45. The van der Waals surface area contributed by atoms with Crippen LogP contribution in [0.1, 0.15) is 23.7 Å². The van der Waals surface area contributed by atoms with E-state index < -0.39 is 5.78 Å². The standard InChI is InChI=1S/C12H12O3/c1-2-8-7-15-10-6-4-3-5-9(10)12(14)11(8)13/h3-6,8H,2,7H2,1H3. The van der Waals surface area contributed by atoms with Gasteiger partial charge in [-0.25, -0.2) is 0 Å². The third-order valence-corrected chi connectivity index (χ3v) is 2.66. The van der Waals surface area contributed by atoms with Crippen molar-refractivity contribution in [2.24, 2.45) is 5.92 Å². The Kier molecular flexibility index (Phi) is 2.54. The van der Waals surface area contributed by atoms with Crippen molar-refractivity contribution in [1.29, 1.82) is 0 Å². The zero-order chi connectivity index (χ0) is 10.8. The van der Waals surface area contributed by atoms with Crippen molar-refractivity contribution >= 4 is 11.6 Å². The van der Waals surface area contributed by atoms with Gasteiger partial charge in [-0.3, -0.25) is 9.59 Å². The van der Waals surface area contributed by atoms with E-state index in [4.69, 9.17) is 4.74 Å². The molecule has 0 aromatic heterocycles. The lowest BCUT2D eigenvalue weighted by atomic mass is 9.96. The number of fused-ring (bicyclic) bond motifs is 1. The molecule has 0 radical (unpaired) electrons. The second kappa shape index (κ2) is 3.85. The van der Waals surface area contributed by atoms with Gasteiger partial charge in [0.05, 0.1) is 18.1 Å². The van der Waals surface area contributed by atoms with Crippen LogP contribution in [0.4, 0.5) is 0 Å². The van der Waals surface area contributed by atoms with Gasteiger partial charge < -0.3 is 4.74 Å². The van der Waals surface area contributed by atoms with E-state index in [1.807, 2.05) is 6.92 Å². The molecule has 2 rings (SSSR count). The van der Waals surface area contributed by atoms with Gasteiger partial charge in [0.2, 0.25) is 11.6 Å². The Bertz CT molecular complexity index is 409. The molecule has 3 nitrogen and oxygen atoms in total. The zero-order valence-electron chi connectivity index (χ0n) is 8.53. The number of benzene rings is 1. The molecule has 1 aromatic rings. The Morgan fingerprint density at radius 2 is 2.07 bits per heavy atom. The molecule has 0 bridgehead atoms. The number of Topliss-reactive ketones (excluding diaryl/α,β-unsaturated/α-hetero) is 2. The molecule has 1 aliphatic heterocycles. The summed E-state index contributed by atoms with van der Waals surface area (Å²) in [7, 11) is 0. The Morgan fingerprint density at radius 1 is 1.33 bits per heavy atom. The SMILES string of the molecule is CCC1COc2ccccc2C(=O)C1=O. The van der Waals surface area contributed by atoms with Gasteiger partial charge in [0, 0.05) is 0 Å². The molecule has 1 aliphatic rings. The molecule has 78 valence electrons. The molecule has 0 saturated carbocycles. The molecule has 1 heterocycles. The number of carbonyl (C=O) groups is 2. The summed E-state index contributed by atoms with van der Waals surface area (Å²) in [5.74, 6) is -0.533. The molecule has 0 aliphatic carbocycles. The minimum Gasteiger partial charge on any atom is -0.492 e. The van der Waals surface area contributed by atoms with Crippen molar-refractivity contribution in [2.45, 2.75) is 13.3 Å². The van der Waals surface area contributed by atoms with Crippen LogP contribution in [0.15, 0.2) is 24.3 Å². The monoisotopic (exact) mass is 204 g/mol. The van der Waals surface area contributed by atoms with Gasteiger partial charge in [-0.1, -0.05) is 19.1 Å². The maximum Gasteiger partial charge on any atom is 0.232 e. The second-order valence-corrected chi connectivity index (χ2v) is 3.61. The van der Waals surface area contributed by atoms with Crippen molar-refractivity contribution in [3.05, 3.63) is 29.8 Å². The van der Waals surface area contributed by atoms with Crippen molar-refractivity contribution in [1.82, 2.24) is 0 Å². The highest BCUT2D eigenvalue weighted by Gasteiger charge is 2.30. The predicted octanol–water partition coefficient (Wildman–Crippen LogP) is 1.86. The first-order valence-corrected chi connectivity index (χ1v) is 5.04. The fraction of sp³-hybridized carbons (Fsp3) is 0.333. The normalized spacial score (nSPS) is 20.5. The Balaban J connectivity index is 2.43. The van der Waals surface area contributed by atoms with Gasteiger partial charge in [-0.15, -0.1) is 0 Å². The van der Waals surface area contributed by atoms with Crippen molar-refractivity contribution < 1.29 is 14.3 Å². The quantitative estimate of drug-likeness (QED) is 0.656. The number of rotatable bonds is 1. The van der Waals surface area contributed by atoms with Gasteiger partial charge in [0.15, 0.2) is 0 Å². The van der Waals surface area contributed by atoms with Crippen LogP contribution in [-0.4, -0.2) is 18.2 Å². The van der Waals surface area contributed by atoms with Gasteiger partial charge in [-0.2, -0.15) is 0 Å². The molecule has 15 heavy (non-hydrogen) atoms. The van der Waals surface area contributed by atoms with Gasteiger partial charge in [0.1, 0.15) is 5.75 Å². The fourth-order valence-corrected chi connectivity index (χ4v) is 1.67. The molecule has 0 N–H and O–H groups in total. The molecule has 0 saturated heterocycles. The van der Waals surface area contributed by atoms with Crippen LogP contribution in [0.25, 0.3) is 0 Å². The molecule has 0 fully saturated rings. The first-order valence-electron chi connectivity index (χ1n) is 5.04. The summed E-state index contributed by atoms with van der Waals surface area (Å²) in [6, 6.07) is 6.88. The third-order valence-electron chi connectivity index (χ3n) is 2.66. The Morgan fingerprint density at radius 3 is 2.80 bits per heavy atom. The molecule has 1 unspecified atom stereocenters. The number of hydrogen-bond acceptors (Lipinski definition) is 3. The number of carbonyl (C=O) groups excluding carboxylic acids is 2. The third kappa shape index (κ3) is 1.65. The highest BCUT2D eigenvalue weighted by Crippen LogP contribution is 2.25. The predicted molar refractivity (Wildman–Crippen MR) is 55.1 cm³/mol. The van der Waals surface area contributed by atoms with E-state index in [2.05, 4.69) is 0 Å². The summed E-state index contributed by atoms with van der Waals surface area (Å²) >= 11 is 0. The van der Waals surface area contributed by atoms with Crippen molar-refractivity contribution in [2.75, 3.05) is 6.61 Å². The van der Waals surface area contributed by atoms with Crippen molar-refractivity contribution in [3.8, 4) is 5.75 Å². The van der Waals surface area contributed by atoms with Gasteiger partial charge in [-0.05, 0) is 18.6 Å². The lowest BCUT2D eigenvalue weighted by Crippen LogP contribution is -2.24. The van der Waals surface area contributed by atoms with E-state index in [1.165, 1.54) is 0 Å². The summed E-state index contributed by atoms with van der Waals surface area (Å²) in [5.41, 5.74) is 0.387. The first-order chi connectivity index (χ1) is 7.24. The van der Waals surface area contributed by atoms with E-state index in [0.717, 1.165) is 0 Å². The molecular weight excluding hydrogens is 192 g/mol. The van der Waals surface area contributed by atoms with E-state index in [9.17, 15) is 9.59 Å². The topological polar surface area (TPSA) is 43.4 Å². The average molecular weight is 204 g/mol. The van der Waals surface area contributed by atoms with E-state index >= 15 is 0 Å². The van der Waals surface area contributed by atoms with E-state index in [0.29, 0.717) is 24.3 Å². The first kappa shape index (κ1) is 9.90. The van der Waals surface area contributed by atoms with Crippen molar-refractivity contribution in [3.63, 3.8) is 0 Å². The largest absolute Gasteiger partial charge is 0.492 e. The van der Waals surface area contributed by atoms with Crippen LogP contribution in [-0.2, 0) is 4.79 Å². The number of ether oxygens (including phenoxy) is 1. The van der Waals surface area contributed by atoms with Gasteiger partial charge in [0.25, 0.3) is 0 Å². The highest BCUT2D eigenvalue weighted by molar-refractivity contribution is 6.45. The number of para-hydroxylation sites is 1. The lowest BCUT2D eigenvalue weighted by molar-refractivity contribution is -0.119. The minimum atomic E-state index is -0.421. The number of hydrogen-bond donors (Lipinski definition) is 0. The van der Waals surface area contributed by atoms with Crippen LogP contribution >= 0.6 is 0 Å². The van der Waals surface area contributed by atoms with Crippen LogP contribution < -0.4 is 4.74 Å². The van der Waals surface area contributed by atoms with Crippen LogP contribution in [0.2, 0.25) is 0 Å². The molecule has 3 heteroatoms. The maximum atomic E-state index is 11.8.